The Hall–Kier alpha value is -1.24. The van der Waals surface area contributed by atoms with Gasteiger partial charge in [0.2, 0.25) is 0 Å². The number of hydrazine groups is 1. The Labute approximate surface area is 110 Å². The van der Waals surface area contributed by atoms with Crippen LogP contribution in [-0.2, 0) is 11.3 Å². The summed E-state index contributed by atoms with van der Waals surface area (Å²) in [5.41, 5.74) is 3.83. The molecule has 6 heteroatoms. The third-order valence-electron chi connectivity index (χ3n) is 2.76. The van der Waals surface area contributed by atoms with Gasteiger partial charge in [0.05, 0.1) is 11.5 Å². The first-order chi connectivity index (χ1) is 8.52. The highest BCUT2D eigenvalue weighted by Gasteiger charge is 2.14. The lowest BCUT2D eigenvalue weighted by molar-refractivity contribution is 0.0615. The molecule has 18 heavy (non-hydrogen) atoms. The van der Waals surface area contributed by atoms with Crippen molar-refractivity contribution in [3.05, 3.63) is 16.3 Å². The van der Waals surface area contributed by atoms with Gasteiger partial charge < -0.3 is 10.2 Å². The lowest BCUT2D eigenvalue weighted by Gasteiger charge is -2.08. The summed E-state index contributed by atoms with van der Waals surface area (Å²) < 4.78 is 5.52. The maximum atomic E-state index is 5.54. The van der Waals surface area contributed by atoms with Gasteiger partial charge in [0.1, 0.15) is 11.4 Å². The van der Waals surface area contributed by atoms with Crippen LogP contribution in [0.4, 0.5) is 5.82 Å². The molecule has 0 amide bonds. The van der Waals surface area contributed by atoms with E-state index in [4.69, 9.17) is 10.6 Å². The summed E-state index contributed by atoms with van der Waals surface area (Å²) in [6, 6.07) is 0. The van der Waals surface area contributed by atoms with Crippen molar-refractivity contribution in [1.82, 2.24) is 9.97 Å². The van der Waals surface area contributed by atoms with Crippen LogP contribution in [0.2, 0.25) is 0 Å². The lowest BCUT2D eigenvalue weighted by Crippen LogP contribution is -2.12. The van der Waals surface area contributed by atoms with E-state index in [1.807, 2.05) is 13.8 Å². The van der Waals surface area contributed by atoms with E-state index in [0.29, 0.717) is 18.2 Å². The van der Waals surface area contributed by atoms with E-state index in [0.717, 1.165) is 10.2 Å². The smallest absolute Gasteiger partial charge is 0.158 e. The Kier molecular flexibility index (Phi) is 3.79. The highest BCUT2D eigenvalue weighted by Crippen LogP contribution is 2.32. The number of ether oxygens (including phenoxy) is 1. The Morgan fingerprint density at radius 2 is 2.06 bits per heavy atom. The molecule has 98 valence electrons. The molecule has 0 bridgehead atoms. The second kappa shape index (κ2) is 5.17. The zero-order valence-corrected chi connectivity index (χ0v) is 11.9. The summed E-state index contributed by atoms with van der Waals surface area (Å²) in [5, 5.41) is 1.01. The van der Waals surface area contributed by atoms with E-state index in [-0.39, 0.29) is 6.10 Å². The van der Waals surface area contributed by atoms with E-state index in [2.05, 4.69) is 29.2 Å². The number of hydrogen-bond donors (Lipinski definition) is 2. The number of aryl methyl sites for hydroxylation is 2. The van der Waals surface area contributed by atoms with Crippen molar-refractivity contribution in [2.45, 2.75) is 40.4 Å². The maximum Gasteiger partial charge on any atom is 0.158 e. The first-order valence-electron chi connectivity index (χ1n) is 5.87. The molecule has 0 saturated carbocycles. The summed E-state index contributed by atoms with van der Waals surface area (Å²) in [5.74, 6) is 6.87. The summed E-state index contributed by atoms with van der Waals surface area (Å²) >= 11 is 1.65. The number of fused-ring (bicyclic) bond motifs is 1. The molecule has 0 atom stereocenters. The number of thiophene rings is 1. The summed E-state index contributed by atoms with van der Waals surface area (Å²) in [7, 11) is 0. The minimum absolute atomic E-state index is 0.158. The molecule has 2 aromatic rings. The summed E-state index contributed by atoms with van der Waals surface area (Å²) in [6.07, 6.45) is 0.158. The first kappa shape index (κ1) is 13.2. The number of nitrogens with one attached hydrogen (secondary N) is 1. The summed E-state index contributed by atoms with van der Waals surface area (Å²) in [4.78, 5) is 11.1. The second-order valence-corrected chi connectivity index (χ2v) is 5.66. The summed E-state index contributed by atoms with van der Waals surface area (Å²) in [6.45, 7) is 8.51. The number of anilines is 1. The molecule has 0 unspecified atom stereocenters. The Bertz CT molecular complexity index is 565. The van der Waals surface area contributed by atoms with Gasteiger partial charge in [0.25, 0.3) is 0 Å². The number of aromatic nitrogens is 2. The van der Waals surface area contributed by atoms with Crippen molar-refractivity contribution in [3.63, 3.8) is 0 Å². The molecule has 0 aromatic carbocycles. The average molecular weight is 266 g/mol. The molecule has 0 radical (unpaired) electrons. The standard InChI is InChI=1S/C12H18N4OS/c1-6(2)17-5-9-14-11(16-13)10-7(3)8(4)18-12(10)15-9/h6H,5,13H2,1-4H3,(H,14,15,16). The molecule has 3 N–H and O–H groups in total. The highest BCUT2D eigenvalue weighted by molar-refractivity contribution is 7.18. The molecule has 0 aliphatic heterocycles. The normalized spacial score (nSPS) is 11.4. The van der Waals surface area contributed by atoms with Gasteiger partial charge in [-0.15, -0.1) is 11.3 Å². The van der Waals surface area contributed by atoms with Crippen molar-refractivity contribution in [1.29, 1.82) is 0 Å². The fourth-order valence-electron chi connectivity index (χ4n) is 1.70. The van der Waals surface area contributed by atoms with Crippen molar-refractivity contribution in [2.24, 2.45) is 5.84 Å². The van der Waals surface area contributed by atoms with E-state index in [9.17, 15) is 0 Å². The van der Waals surface area contributed by atoms with Crippen molar-refractivity contribution < 1.29 is 4.74 Å². The Balaban J connectivity index is 2.46. The predicted molar refractivity (Wildman–Crippen MR) is 74.6 cm³/mol. The highest BCUT2D eigenvalue weighted by atomic mass is 32.1. The van der Waals surface area contributed by atoms with Crippen LogP contribution in [0, 0.1) is 13.8 Å². The number of rotatable bonds is 4. The van der Waals surface area contributed by atoms with Crippen LogP contribution in [-0.4, -0.2) is 16.1 Å². The van der Waals surface area contributed by atoms with Gasteiger partial charge in [0, 0.05) is 4.88 Å². The van der Waals surface area contributed by atoms with E-state index in [1.54, 1.807) is 11.3 Å². The van der Waals surface area contributed by atoms with Crippen LogP contribution >= 0.6 is 11.3 Å². The molecule has 2 rings (SSSR count). The first-order valence-corrected chi connectivity index (χ1v) is 6.69. The van der Waals surface area contributed by atoms with Crippen LogP contribution in [0.25, 0.3) is 10.2 Å². The third-order valence-corrected chi connectivity index (χ3v) is 3.86. The zero-order valence-electron chi connectivity index (χ0n) is 11.1. The van der Waals surface area contributed by atoms with Gasteiger partial charge in [0.15, 0.2) is 11.6 Å². The van der Waals surface area contributed by atoms with Gasteiger partial charge in [-0.05, 0) is 33.3 Å². The third kappa shape index (κ3) is 2.45. The van der Waals surface area contributed by atoms with Gasteiger partial charge in [-0.3, -0.25) is 0 Å². The Morgan fingerprint density at radius 3 is 2.67 bits per heavy atom. The van der Waals surface area contributed by atoms with Crippen molar-refractivity contribution in [2.75, 3.05) is 5.43 Å². The number of nitrogens with zero attached hydrogens (tertiary/aromatic N) is 2. The van der Waals surface area contributed by atoms with Crippen molar-refractivity contribution >= 4 is 27.4 Å². The van der Waals surface area contributed by atoms with Crippen LogP contribution in [0.3, 0.4) is 0 Å². The van der Waals surface area contributed by atoms with E-state index in [1.165, 1.54) is 10.4 Å². The number of nitrogen functional groups attached to an aromatic ring is 1. The molecule has 5 nitrogen and oxygen atoms in total. The maximum absolute atomic E-state index is 5.54. The van der Waals surface area contributed by atoms with Crippen LogP contribution < -0.4 is 11.3 Å². The Morgan fingerprint density at radius 1 is 1.33 bits per heavy atom. The van der Waals surface area contributed by atoms with E-state index < -0.39 is 0 Å². The minimum Gasteiger partial charge on any atom is -0.371 e. The van der Waals surface area contributed by atoms with Crippen LogP contribution in [0.1, 0.15) is 30.1 Å². The number of hydrogen-bond acceptors (Lipinski definition) is 6. The monoisotopic (exact) mass is 266 g/mol. The lowest BCUT2D eigenvalue weighted by atomic mass is 10.2. The molecular formula is C12H18N4OS. The minimum atomic E-state index is 0.158. The second-order valence-electron chi connectivity index (χ2n) is 4.46. The SMILES string of the molecule is Cc1sc2nc(COC(C)C)nc(NN)c2c1C. The molecule has 0 aliphatic rings. The van der Waals surface area contributed by atoms with E-state index >= 15 is 0 Å². The van der Waals surface area contributed by atoms with Crippen LogP contribution in [0.15, 0.2) is 0 Å². The topological polar surface area (TPSA) is 73.1 Å². The quantitative estimate of drug-likeness (QED) is 0.657. The van der Waals surface area contributed by atoms with Gasteiger partial charge in [-0.25, -0.2) is 15.8 Å². The van der Waals surface area contributed by atoms with Gasteiger partial charge in [-0.1, -0.05) is 0 Å². The molecular weight excluding hydrogens is 248 g/mol. The predicted octanol–water partition coefficient (Wildman–Crippen LogP) is 2.52. The molecule has 0 fully saturated rings. The molecule has 0 aliphatic carbocycles. The molecule has 0 saturated heterocycles. The molecule has 0 spiro atoms. The fourth-order valence-corrected chi connectivity index (χ4v) is 2.75. The fraction of sp³-hybridized carbons (Fsp3) is 0.500. The van der Waals surface area contributed by atoms with Gasteiger partial charge in [-0.2, -0.15) is 0 Å². The van der Waals surface area contributed by atoms with Gasteiger partial charge >= 0.3 is 0 Å². The van der Waals surface area contributed by atoms with Crippen molar-refractivity contribution in [3.8, 4) is 0 Å². The molecule has 2 aromatic heterocycles. The molecule has 2 heterocycles. The largest absolute Gasteiger partial charge is 0.371 e. The average Bonchev–Trinajstić information content (AvgIpc) is 2.61. The zero-order chi connectivity index (χ0) is 13.3. The van der Waals surface area contributed by atoms with Crippen LogP contribution in [0.5, 0.6) is 0 Å². The number of nitrogens with two attached hydrogens (primary N) is 1.